The normalized spacial score (nSPS) is 18.5. The molecule has 2 atom stereocenters. The topological polar surface area (TPSA) is 84.0 Å². The molecule has 0 aliphatic heterocycles. The van der Waals surface area contributed by atoms with Gasteiger partial charge in [0.05, 0.1) is 16.5 Å². The van der Waals surface area contributed by atoms with Crippen LogP contribution in [0, 0.1) is 5.92 Å². The van der Waals surface area contributed by atoms with E-state index >= 15 is 0 Å². The molecule has 2 N–H and O–H groups in total. The van der Waals surface area contributed by atoms with Crippen LogP contribution in [0.5, 0.6) is 0 Å². The first-order chi connectivity index (χ1) is 15.6. The van der Waals surface area contributed by atoms with E-state index in [9.17, 15) is 9.59 Å². The van der Waals surface area contributed by atoms with Crippen molar-refractivity contribution >= 4 is 92.9 Å². The van der Waals surface area contributed by atoms with Crippen LogP contribution in [0.15, 0.2) is 48.5 Å². The fraction of sp³-hybridized carbons (Fsp3) is 0.143. The standard InChI is InChI=1S/C21H12Cl6N4O2/c22-10-5-9(6-11(23)7-10)17-18(21(17,26)27)20(33)28-12-1-2-14(24)13(8-12)19(32)29-16-4-3-15(25)30-31-16/h1-8,17-18H,(H,28,33)(H,29,31,32). The van der Waals surface area contributed by atoms with Gasteiger partial charge in [-0.1, -0.05) is 46.4 Å². The fourth-order valence-electron chi connectivity index (χ4n) is 3.39. The van der Waals surface area contributed by atoms with Gasteiger partial charge in [-0.15, -0.1) is 33.4 Å². The van der Waals surface area contributed by atoms with Crippen molar-refractivity contribution in [2.45, 2.75) is 10.3 Å². The third-order valence-corrected chi connectivity index (χ3v) is 6.84. The summed E-state index contributed by atoms with van der Waals surface area (Å²) in [7, 11) is 0. The predicted molar refractivity (Wildman–Crippen MR) is 132 cm³/mol. The lowest BCUT2D eigenvalue weighted by Crippen LogP contribution is -2.18. The van der Waals surface area contributed by atoms with E-state index in [1.165, 1.54) is 24.3 Å². The Labute approximate surface area is 218 Å². The average Bonchev–Trinajstić information content (AvgIpc) is 3.32. The summed E-state index contributed by atoms with van der Waals surface area (Å²) < 4.78 is -1.34. The molecule has 2 aromatic carbocycles. The molecule has 0 radical (unpaired) electrons. The van der Waals surface area contributed by atoms with Crippen LogP contribution in [0.4, 0.5) is 11.5 Å². The van der Waals surface area contributed by atoms with E-state index in [1.54, 1.807) is 24.3 Å². The van der Waals surface area contributed by atoms with E-state index in [4.69, 9.17) is 69.6 Å². The van der Waals surface area contributed by atoms with Crippen LogP contribution in [0.3, 0.4) is 0 Å². The van der Waals surface area contributed by atoms with Gasteiger partial charge in [0.25, 0.3) is 5.91 Å². The number of amides is 2. The molecule has 33 heavy (non-hydrogen) atoms. The minimum Gasteiger partial charge on any atom is -0.326 e. The van der Waals surface area contributed by atoms with Crippen LogP contribution in [-0.2, 0) is 4.79 Å². The third-order valence-electron chi connectivity index (χ3n) is 4.93. The maximum atomic E-state index is 12.9. The number of nitrogens with one attached hydrogen (secondary N) is 2. The number of carbonyl (C=O) groups excluding carboxylic acids is 2. The molecule has 1 aliphatic rings. The Morgan fingerprint density at radius 1 is 0.848 bits per heavy atom. The lowest BCUT2D eigenvalue weighted by Gasteiger charge is -2.10. The smallest absolute Gasteiger partial charge is 0.258 e. The van der Waals surface area contributed by atoms with Crippen LogP contribution in [0.25, 0.3) is 0 Å². The van der Waals surface area contributed by atoms with Gasteiger partial charge in [0.1, 0.15) is 4.33 Å². The van der Waals surface area contributed by atoms with Crippen molar-refractivity contribution in [3.05, 3.63) is 79.9 Å². The number of alkyl halides is 2. The highest BCUT2D eigenvalue weighted by Gasteiger charge is 2.67. The first-order valence-corrected chi connectivity index (χ1v) is 11.6. The second kappa shape index (κ2) is 9.45. The maximum absolute atomic E-state index is 12.9. The molecule has 6 nitrogen and oxygen atoms in total. The Bertz CT molecular complexity index is 1230. The summed E-state index contributed by atoms with van der Waals surface area (Å²) in [5.41, 5.74) is 1.09. The van der Waals surface area contributed by atoms with Crippen molar-refractivity contribution in [1.82, 2.24) is 10.2 Å². The molecule has 2 unspecified atom stereocenters. The van der Waals surface area contributed by atoms with Gasteiger partial charge in [-0.3, -0.25) is 9.59 Å². The Hall–Kier alpha value is -1.80. The highest BCUT2D eigenvalue weighted by Crippen LogP contribution is 2.65. The van der Waals surface area contributed by atoms with Gasteiger partial charge in [0.15, 0.2) is 11.0 Å². The zero-order chi connectivity index (χ0) is 23.9. The van der Waals surface area contributed by atoms with Gasteiger partial charge in [-0.25, -0.2) is 0 Å². The molecule has 1 fully saturated rings. The molecule has 0 spiro atoms. The molecule has 2 amide bonds. The second-order valence-electron chi connectivity index (χ2n) is 7.21. The van der Waals surface area contributed by atoms with Gasteiger partial charge in [0.2, 0.25) is 5.91 Å². The summed E-state index contributed by atoms with van der Waals surface area (Å²) in [6, 6.07) is 12.3. The average molecular weight is 565 g/mol. The fourth-order valence-corrected chi connectivity index (χ4v) is 5.06. The van der Waals surface area contributed by atoms with Gasteiger partial charge in [-0.05, 0) is 54.1 Å². The van der Waals surface area contributed by atoms with E-state index in [1.807, 2.05) is 0 Å². The molecule has 0 saturated heterocycles. The highest BCUT2D eigenvalue weighted by atomic mass is 35.5. The number of hydrogen-bond acceptors (Lipinski definition) is 4. The summed E-state index contributed by atoms with van der Waals surface area (Å²) >= 11 is 36.8. The SMILES string of the molecule is O=C(Nc1ccc(Cl)nn1)c1cc(NC(=O)C2C(c3cc(Cl)cc(Cl)c3)C2(Cl)Cl)ccc1Cl. The number of halogens is 6. The third kappa shape index (κ3) is 5.32. The molecule has 3 aromatic rings. The zero-order valence-electron chi connectivity index (χ0n) is 16.3. The number of aromatic nitrogens is 2. The minimum absolute atomic E-state index is 0.114. The molecule has 1 aliphatic carbocycles. The molecule has 1 aromatic heterocycles. The first-order valence-electron chi connectivity index (χ1n) is 9.31. The van der Waals surface area contributed by atoms with E-state index in [2.05, 4.69) is 20.8 Å². The summed E-state index contributed by atoms with van der Waals surface area (Å²) in [5, 5.41) is 13.9. The molecular weight excluding hydrogens is 553 g/mol. The zero-order valence-corrected chi connectivity index (χ0v) is 20.8. The number of anilines is 2. The Morgan fingerprint density at radius 2 is 1.55 bits per heavy atom. The van der Waals surface area contributed by atoms with Crippen LogP contribution < -0.4 is 10.6 Å². The summed E-state index contributed by atoms with van der Waals surface area (Å²) in [6.45, 7) is 0. The number of rotatable bonds is 5. The van der Waals surface area contributed by atoms with Crippen molar-refractivity contribution in [2.24, 2.45) is 5.92 Å². The molecule has 12 heteroatoms. The Kier molecular flexibility index (Phi) is 6.97. The maximum Gasteiger partial charge on any atom is 0.258 e. The summed E-state index contributed by atoms with van der Waals surface area (Å²) in [4.78, 5) is 25.6. The molecule has 1 heterocycles. The lowest BCUT2D eigenvalue weighted by molar-refractivity contribution is -0.117. The largest absolute Gasteiger partial charge is 0.326 e. The molecule has 4 rings (SSSR count). The number of benzene rings is 2. The predicted octanol–water partition coefficient (Wildman–Crippen LogP) is 6.87. The molecule has 1 saturated carbocycles. The Morgan fingerprint density at radius 3 is 2.18 bits per heavy atom. The number of hydrogen-bond donors (Lipinski definition) is 2. The van der Waals surface area contributed by atoms with Crippen LogP contribution in [-0.4, -0.2) is 26.3 Å². The number of nitrogens with zero attached hydrogens (tertiary/aromatic N) is 2. The molecule has 170 valence electrons. The number of carbonyl (C=O) groups is 2. The lowest BCUT2D eigenvalue weighted by atomic mass is 10.1. The van der Waals surface area contributed by atoms with Crippen molar-refractivity contribution in [1.29, 1.82) is 0 Å². The van der Waals surface area contributed by atoms with E-state index in [0.717, 1.165) is 0 Å². The Balaban J connectivity index is 1.50. The van der Waals surface area contributed by atoms with Crippen molar-refractivity contribution in [3.63, 3.8) is 0 Å². The first kappa shape index (κ1) is 24.3. The van der Waals surface area contributed by atoms with Crippen LogP contribution in [0.2, 0.25) is 20.2 Å². The molecule has 0 bridgehead atoms. The minimum atomic E-state index is -1.34. The highest BCUT2D eigenvalue weighted by molar-refractivity contribution is 6.53. The van der Waals surface area contributed by atoms with Crippen LogP contribution in [0.1, 0.15) is 21.8 Å². The summed E-state index contributed by atoms with van der Waals surface area (Å²) in [5.74, 6) is -2.05. The molecular formula is C21H12Cl6N4O2. The monoisotopic (exact) mass is 562 g/mol. The van der Waals surface area contributed by atoms with E-state index < -0.39 is 28.0 Å². The van der Waals surface area contributed by atoms with Crippen molar-refractivity contribution in [3.8, 4) is 0 Å². The van der Waals surface area contributed by atoms with Crippen LogP contribution >= 0.6 is 69.6 Å². The van der Waals surface area contributed by atoms with Gasteiger partial charge in [-0.2, -0.15) is 0 Å². The van der Waals surface area contributed by atoms with Crippen molar-refractivity contribution < 1.29 is 9.59 Å². The second-order valence-corrected chi connectivity index (χ2v) is 10.3. The van der Waals surface area contributed by atoms with E-state index in [-0.39, 0.29) is 21.6 Å². The van der Waals surface area contributed by atoms with Crippen molar-refractivity contribution in [2.75, 3.05) is 10.6 Å². The van der Waals surface area contributed by atoms with E-state index in [0.29, 0.717) is 21.3 Å². The van der Waals surface area contributed by atoms with Gasteiger partial charge in [0, 0.05) is 21.7 Å². The van der Waals surface area contributed by atoms with Gasteiger partial charge >= 0.3 is 0 Å². The van der Waals surface area contributed by atoms with Gasteiger partial charge < -0.3 is 10.6 Å². The summed E-state index contributed by atoms with van der Waals surface area (Å²) in [6.07, 6.45) is 0. The quantitative estimate of drug-likeness (QED) is 0.331.